The Kier molecular flexibility index (Phi) is 4.18. The fourth-order valence-electron chi connectivity index (χ4n) is 2.56. The maximum absolute atomic E-state index is 12.0. The lowest BCUT2D eigenvalue weighted by molar-refractivity contribution is -0.136. The van der Waals surface area contributed by atoms with E-state index in [0.717, 1.165) is 19.6 Å². The molecule has 92 valence electrons. The minimum absolute atomic E-state index is 0.296. The first-order chi connectivity index (χ1) is 7.77. The lowest BCUT2D eigenvalue weighted by atomic mass is 9.96. The number of hydrogen-bond acceptors (Lipinski definition) is 3. The van der Waals surface area contributed by atoms with E-state index in [1.165, 1.54) is 12.8 Å². The van der Waals surface area contributed by atoms with E-state index in [0.29, 0.717) is 37.5 Å². The van der Waals surface area contributed by atoms with Crippen molar-refractivity contribution in [2.75, 3.05) is 32.8 Å². The fraction of sp³-hybridized carbons (Fsp3) is 0.917. The smallest absolute Gasteiger partial charge is 0.223 e. The van der Waals surface area contributed by atoms with Gasteiger partial charge in [0.05, 0.1) is 13.2 Å². The highest BCUT2D eigenvalue weighted by Gasteiger charge is 2.25. The van der Waals surface area contributed by atoms with Crippen LogP contribution >= 0.6 is 0 Å². The van der Waals surface area contributed by atoms with Gasteiger partial charge in [-0.3, -0.25) is 4.79 Å². The van der Waals surface area contributed by atoms with Crippen molar-refractivity contribution in [3.8, 4) is 0 Å². The largest absolute Gasteiger partial charge is 0.378 e. The molecule has 1 amide bonds. The van der Waals surface area contributed by atoms with Gasteiger partial charge < -0.3 is 15.0 Å². The van der Waals surface area contributed by atoms with Gasteiger partial charge in [-0.2, -0.15) is 0 Å². The molecule has 0 aromatic carbocycles. The number of rotatable bonds is 3. The summed E-state index contributed by atoms with van der Waals surface area (Å²) in [5, 5.41) is 3.47. The van der Waals surface area contributed by atoms with Crippen molar-refractivity contribution >= 4 is 5.91 Å². The molecule has 16 heavy (non-hydrogen) atoms. The van der Waals surface area contributed by atoms with Gasteiger partial charge in [-0.15, -0.1) is 0 Å². The van der Waals surface area contributed by atoms with E-state index < -0.39 is 0 Å². The van der Waals surface area contributed by atoms with Gasteiger partial charge in [0.2, 0.25) is 5.91 Å². The van der Waals surface area contributed by atoms with Crippen molar-refractivity contribution in [2.24, 2.45) is 5.92 Å². The van der Waals surface area contributed by atoms with Crippen LogP contribution in [0.4, 0.5) is 0 Å². The summed E-state index contributed by atoms with van der Waals surface area (Å²) < 4.78 is 5.25. The first-order valence-electron chi connectivity index (χ1n) is 6.36. The number of morpholine rings is 1. The Labute approximate surface area is 97.3 Å². The molecule has 4 heteroatoms. The number of hydrogen-bond donors (Lipinski definition) is 1. The van der Waals surface area contributed by atoms with Crippen molar-refractivity contribution in [3.63, 3.8) is 0 Å². The van der Waals surface area contributed by atoms with Crippen LogP contribution in [0.2, 0.25) is 0 Å². The summed E-state index contributed by atoms with van der Waals surface area (Å²) >= 11 is 0. The Balaban J connectivity index is 1.76. The van der Waals surface area contributed by atoms with Gasteiger partial charge in [-0.1, -0.05) is 6.92 Å². The summed E-state index contributed by atoms with van der Waals surface area (Å²) in [7, 11) is 0. The van der Waals surface area contributed by atoms with Crippen molar-refractivity contribution < 1.29 is 9.53 Å². The van der Waals surface area contributed by atoms with Crippen molar-refractivity contribution in [3.05, 3.63) is 0 Å². The van der Waals surface area contributed by atoms with Crippen molar-refractivity contribution in [2.45, 2.75) is 32.2 Å². The van der Waals surface area contributed by atoms with Crippen LogP contribution in [-0.4, -0.2) is 49.7 Å². The van der Waals surface area contributed by atoms with Gasteiger partial charge >= 0.3 is 0 Å². The lowest BCUT2D eigenvalue weighted by Crippen LogP contribution is -2.42. The molecular weight excluding hydrogens is 204 g/mol. The summed E-state index contributed by atoms with van der Waals surface area (Å²) in [4.78, 5) is 13.9. The molecule has 2 saturated heterocycles. The van der Waals surface area contributed by atoms with E-state index in [4.69, 9.17) is 4.74 Å². The minimum Gasteiger partial charge on any atom is -0.378 e. The third-order valence-electron chi connectivity index (χ3n) is 3.65. The van der Waals surface area contributed by atoms with Crippen LogP contribution in [0.5, 0.6) is 0 Å². The van der Waals surface area contributed by atoms with Gasteiger partial charge in [0.1, 0.15) is 0 Å². The van der Waals surface area contributed by atoms with E-state index in [2.05, 4.69) is 12.2 Å². The van der Waals surface area contributed by atoms with E-state index in [1.807, 2.05) is 4.90 Å². The minimum atomic E-state index is 0.296. The highest BCUT2D eigenvalue weighted by Crippen LogP contribution is 2.18. The molecule has 0 saturated carbocycles. The fourth-order valence-corrected chi connectivity index (χ4v) is 2.56. The normalized spacial score (nSPS) is 28.1. The molecule has 0 aromatic heterocycles. The topological polar surface area (TPSA) is 41.6 Å². The summed E-state index contributed by atoms with van der Waals surface area (Å²) in [6, 6.07) is 0.546. The van der Waals surface area contributed by atoms with Crippen LogP contribution in [0, 0.1) is 5.92 Å². The molecular formula is C12H22N2O2. The number of nitrogens with one attached hydrogen (secondary N) is 1. The molecule has 1 N–H and O–H groups in total. The maximum atomic E-state index is 12.0. The summed E-state index contributed by atoms with van der Waals surface area (Å²) in [5.41, 5.74) is 0. The Morgan fingerprint density at radius 1 is 1.50 bits per heavy atom. The molecule has 4 nitrogen and oxygen atoms in total. The molecule has 0 spiro atoms. The molecule has 0 aromatic rings. The zero-order chi connectivity index (χ0) is 11.4. The Morgan fingerprint density at radius 2 is 2.25 bits per heavy atom. The van der Waals surface area contributed by atoms with Crippen LogP contribution in [0.25, 0.3) is 0 Å². The predicted octanol–water partition coefficient (Wildman–Crippen LogP) is 0.623. The second kappa shape index (κ2) is 5.64. The molecule has 2 fully saturated rings. The second-order valence-electron chi connectivity index (χ2n) is 4.88. The molecule has 2 rings (SSSR count). The molecule has 2 heterocycles. The van der Waals surface area contributed by atoms with Crippen molar-refractivity contribution in [1.29, 1.82) is 0 Å². The summed E-state index contributed by atoms with van der Waals surface area (Å²) in [6.07, 6.45) is 3.15. The van der Waals surface area contributed by atoms with Crippen LogP contribution in [0.15, 0.2) is 0 Å². The lowest BCUT2D eigenvalue weighted by Gasteiger charge is -2.29. The summed E-state index contributed by atoms with van der Waals surface area (Å²) in [6.45, 7) is 6.22. The summed E-state index contributed by atoms with van der Waals surface area (Å²) in [5.74, 6) is 0.752. The molecule has 2 atom stereocenters. The van der Waals surface area contributed by atoms with E-state index in [1.54, 1.807) is 0 Å². The van der Waals surface area contributed by atoms with Crippen LogP contribution in [0.1, 0.15) is 26.2 Å². The standard InChI is InChI=1S/C12H22N2O2/c1-10(11-3-2-4-13-11)9-12(15)14-5-7-16-8-6-14/h10-11,13H,2-9H2,1H3/t10-,11-/m0/s1. The van der Waals surface area contributed by atoms with Gasteiger partial charge in [-0.05, 0) is 25.3 Å². The Morgan fingerprint density at radius 3 is 2.88 bits per heavy atom. The zero-order valence-corrected chi connectivity index (χ0v) is 10.1. The average Bonchev–Trinajstić information content (AvgIpc) is 2.83. The van der Waals surface area contributed by atoms with E-state index in [-0.39, 0.29) is 0 Å². The number of carbonyl (C=O) groups is 1. The van der Waals surface area contributed by atoms with Gasteiger partial charge in [0.25, 0.3) is 0 Å². The molecule has 0 bridgehead atoms. The van der Waals surface area contributed by atoms with Crippen LogP contribution < -0.4 is 5.32 Å². The molecule has 2 aliphatic rings. The monoisotopic (exact) mass is 226 g/mol. The van der Waals surface area contributed by atoms with Gasteiger partial charge in [0.15, 0.2) is 0 Å². The molecule has 0 radical (unpaired) electrons. The quantitative estimate of drug-likeness (QED) is 0.767. The SMILES string of the molecule is C[C@@H](CC(=O)N1CCOCC1)[C@@H]1CCCN1. The first kappa shape index (κ1) is 11.9. The molecule has 0 unspecified atom stereocenters. The second-order valence-corrected chi connectivity index (χ2v) is 4.88. The number of nitrogens with zero attached hydrogens (tertiary/aromatic N) is 1. The first-order valence-corrected chi connectivity index (χ1v) is 6.36. The number of carbonyl (C=O) groups excluding carboxylic acids is 1. The zero-order valence-electron chi connectivity index (χ0n) is 10.1. The highest BCUT2D eigenvalue weighted by atomic mass is 16.5. The van der Waals surface area contributed by atoms with Crippen molar-refractivity contribution in [1.82, 2.24) is 10.2 Å². The Bertz CT molecular complexity index is 233. The Hall–Kier alpha value is -0.610. The van der Waals surface area contributed by atoms with E-state index in [9.17, 15) is 4.79 Å². The molecule has 0 aliphatic carbocycles. The van der Waals surface area contributed by atoms with Crippen LogP contribution in [-0.2, 0) is 9.53 Å². The predicted molar refractivity (Wildman–Crippen MR) is 62.2 cm³/mol. The maximum Gasteiger partial charge on any atom is 0.223 e. The number of ether oxygens (including phenoxy) is 1. The molecule has 2 aliphatic heterocycles. The highest BCUT2D eigenvalue weighted by molar-refractivity contribution is 5.76. The van der Waals surface area contributed by atoms with E-state index >= 15 is 0 Å². The third kappa shape index (κ3) is 2.95. The van der Waals surface area contributed by atoms with Gasteiger partial charge in [0, 0.05) is 25.6 Å². The number of amides is 1. The average molecular weight is 226 g/mol. The van der Waals surface area contributed by atoms with Crippen LogP contribution in [0.3, 0.4) is 0 Å². The van der Waals surface area contributed by atoms with Gasteiger partial charge in [-0.25, -0.2) is 0 Å². The third-order valence-corrected chi connectivity index (χ3v) is 3.65.